The minimum Gasteiger partial charge on any atom is -0.462 e. The summed E-state index contributed by atoms with van der Waals surface area (Å²) in [4.78, 5) is 24.4. The Hall–Kier alpha value is -1.88. The second-order valence-electron chi connectivity index (χ2n) is 16.5. The number of unbranched alkanes of at least 4 members (excludes halogenated alkanes) is 31. The maximum Gasteiger partial charge on any atom is 0.306 e. The van der Waals surface area contributed by atoms with Gasteiger partial charge in [0.2, 0.25) is 0 Å². The van der Waals surface area contributed by atoms with E-state index >= 15 is 0 Å². The molecule has 0 heterocycles. The van der Waals surface area contributed by atoms with Gasteiger partial charge >= 0.3 is 11.9 Å². The Morgan fingerprint density at radius 3 is 1.16 bits per heavy atom. The van der Waals surface area contributed by atoms with Crippen LogP contribution >= 0.6 is 0 Å². The van der Waals surface area contributed by atoms with E-state index in [-0.39, 0.29) is 25.2 Å². The largest absolute Gasteiger partial charge is 0.462 e. The van der Waals surface area contributed by atoms with Crippen LogP contribution in [0, 0.1) is 0 Å². The number of aliphatic hydroxyl groups is 1. The standard InChI is InChI=1S/C51H94O5/c1-3-5-7-9-11-13-15-17-19-21-23-24-25-26-28-29-31-33-35-37-39-41-43-45-50(53)55-48-49(47-52)56-51(54)46-44-42-40-38-36-34-32-30-27-22-20-18-16-14-12-10-8-6-4-2/h12,14,18,20,37,39,49,52H,3-11,13,15-17,19,21-36,38,40-48H2,1-2H3/b14-12+,20-18+,39-37+/t49-/m0/s1. The van der Waals surface area contributed by atoms with E-state index in [0.717, 1.165) is 44.9 Å². The zero-order chi connectivity index (χ0) is 40.7. The first-order valence-electron chi connectivity index (χ1n) is 24.5. The highest BCUT2D eigenvalue weighted by molar-refractivity contribution is 5.70. The van der Waals surface area contributed by atoms with Crippen LogP contribution in [0.25, 0.3) is 0 Å². The molecule has 56 heavy (non-hydrogen) atoms. The molecule has 1 N–H and O–H groups in total. The molecule has 0 unspecified atom stereocenters. The summed E-state index contributed by atoms with van der Waals surface area (Å²) in [5.74, 6) is -0.623. The molecule has 0 radical (unpaired) electrons. The monoisotopic (exact) mass is 787 g/mol. The first-order chi connectivity index (χ1) is 27.6. The summed E-state index contributed by atoms with van der Waals surface area (Å²) in [6.45, 7) is 4.12. The number of hydrogen-bond acceptors (Lipinski definition) is 5. The molecule has 5 heteroatoms. The summed E-state index contributed by atoms with van der Waals surface area (Å²) < 4.78 is 10.6. The van der Waals surface area contributed by atoms with Gasteiger partial charge in [-0.1, -0.05) is 217 Å². The lowest BCUT2D eigenvalue weighted by Gasteiger charge is -2.15. The molecule has 328 valence electrons. The molecule has 0 amide bonds. The quantitative estimate of drug-likeness (QED) is 0.0378. The van der Waals surface area contributed by atoms with E-state index in [9.17, 15) is 14.7 Å². The van der Waals surface area contributed by atoms with Gasteiger partial charge in [0, 0.05) is 12.8 Å². The molecule has 0 bridgehead atoms. The van der Waals surface area contributed by atoms with Gasteiger partial charge in [0.1, 0.15) is 6.61 Å². The number of esters is 2. The molecule has 0 saturated carbocycles. The van der Waals surface area contributed by atoms with Crippen LogP contribution in [-0.2, 0) is 19.1 Å². The molecule has 0 spiro atoms. The molecule has 0 aliphatic heterocycles. The van der Waals surface area contributed by atoms with E-state index < -0.39 is 6.10 Å². The summed E-state index contributed by atoms with van der Waals surface area (Å²) in [5.41, 5.74) is 0. The van der Waals surface area contributed by atoms with Crippen LogP contribution in [0.1, 0.15) is 258 Å². The molecular weight excluding hydrogens is 693 g/mol. The summed E-state index contributed by atoms with van der Waals surface area (Å²) in [5, 5.41) is 9.60. The Kier molecular flexibility index (Phi) is 45.9. The van der Waals surface area contributed by atoms with Gasteiger partial charge < -0.3 is 14.6 Å². The van der Waals surface area contributed by atoms with Crippen molar-refractivity contribution in [3.8, 4) is 0 Å². The van der Waals surface area contributed by atoms with Gasteiger partial charge in [0.05, 0.1) is 6.61 Å². The van der Waals surface area contributed by atoms with Crippen molar-refractivity contribution in [1.82, 2.24) is 0 Å². The predicted molar refractivity (Wildman–Crippen MR) is 242 cm³/mol. The van der Waals surface area contributed by atoms with Gasteiger partial charge in [-0.2, -0.15) is 0 Å². The number of aliphatic hydroxyl groups excluding tert-OH is 1. The summed E-state index contributed by atoms with van der Waals surface area (Å²) in [7, 11) is 0. The maximum atomic E-state index is 12.2. The Labute approximate surface area is 348 Å². The maximum absolute atomic E-state index is 12.2. The van der Waals surface area contributed by atoms with Crippen molar-refractivity contribution in [2.24, 2.45) is 0 Å². The number of carbonyl (C=O) groups excluding carboxylic acids is 2. The van der Waals surface area contributed by atoms with Crippen molar-refractivity contribution < 1.29 is 24.2 Å². The van der Waals surface area contributed by atoms with Gasteiger partial charge in [0.15, 0.2) is 6.10 Å². The number of rotatable bonds is 45. The van der Waals surface area contributed by atoms with Crippen LogP contribution in [0.5, 0.6) is 0 Å². The summed E-state index contributed by atoms with van der Waals surface area (Å²) in [6.07, 6.45) is 59.5. The lowest BCUT2D eigenvalue weighted by atomic mass is 10.0. The SMILES string of the molecule is CCCCC/C=C/C/C=C/CCCCCCCCCCCC(=O)O[C@@H](CO)COC(=O)CCC/C=C/CCCCCCCCCCCCCCCCCCCC. The molecule has 1 atom stereocenters. The van der Waals surface area contributed by atoms with Gasteiger partial charge in [-0.05, 0) is 64.2 Å². The van der Waals surface area contributed by atoms with Crippen LogP contribution in [0.4, 0.5) is 0 Å². The van der Waals surface area contributed by atoms with E-state index in [4.69, 9.17) is 9.47 Å². The zero-order valence-electron chi connectivity index (χ0n) is 37.4. The van der Waals surface area contributed by atoms with Gasteiger partial charge in [-0.3, -0.25) is 9.59 Å². The predicted octanol–water partition coefficient (Wildman–Crippen LogP) is 16.0. The van der Waals surface area contributed by atoms with E-state index in [0.29, 0.717) is 12.8 Å². The number of allylic oxidation sites excluding steroid dienone is 6. The molecule has 0 aromatic heterocycles. The fourth-order valence-electron chi connectivity index (χ4n) is 7.18. The van der Waals surface area contributed by atoms with Gasteiger partial charge in [0.25, 0.3) is 0 Å². The average Bonchev–Trinajstić information content (AvgIpc) is 3.20. The van der Waals surface area contributed by atoms with Crippen molar-refractivity contribution in [2.45, 2.75) is 264 Å². The van der Waals surface area contributed by atoms with E-state index in [2.05, 4.69) is 50.3 Å². The Morgan fingerprint density at radius 2 is 0.732 bits per heavy atom. The first-order valence-corrected chi connectivity index (χ1v) is 24.5. The molecular formula is C51H94O5. The molecule has 0 aliphatic rings. The first kappa shape index (κ1) is 54.1. The second-order valence-corrected chi connectivity index (χ2v) is 16.5. The highest BCUT2D eigenvalue weighted by Gasteiger charge is 2.16. The van der Waals surface area contributed by atoms with Crippen molar-refractivity contribution >= 4 is 11.9 Å². The van der Waals surface area contributed by atoms with Crippen molar-refractivity contribution in [3.63, 3.8) is 0 Å². The Morgan fingerprint density at radius 1 is 0.411 bits per heavy atom. The molecule has 0 aromatic carbocycles. The van der Waals surface area contributed by atoms with Crippen molar-refractivity contribution in [2.75, 3.05) is 13.2 Å². The summed E-state index contributed by atoms with van der Waals surface area (Å²) in [6, 6.07) is 0. The van der Waals surface area contributed by atoms with E-state index in [1.807, 2.05) is 0 Å². The molecule has 0 saturated heterocycles. The van der Waals surface area contributed by atoms with Crippen molar-refractivity contribution in [1.29, 1.82) is 0 Å². The van der Waals surface area contributed by atoms with Crippen LogP contribution in [0.3, 0.4) is 0 Å². The molecule has 5 nitrogen and oxygen atoms in total. The van der Waals surface area contributed by atoms with Gasteiger partial charge in [-0.15, -0.1) is 0 Å². The normalized spacial score (nSPS) is 12.4. The lowest BCUT2D eigenvalue weighted by molar-refractivity contribution is -0.161. The number of carbonyl (C=O) groups is 2. The summed E-state index contributed by atoms with van der Waals surface area (Å²) >= 11 is 0. The smallest absolute Gasteiger partial charge is 0.306 e. The van der Waals surface area contributed by atoms with Crippen LogP contribution in [-0.4, -0.2) is 36.4 Å². The second kappa shape index (κ2) is 47.5. The Balaban J connectivity index is 3.51. The van der Waals surface area contributed by atoms with Crippen molar-refractivity contribution in [3.05, 3.63) is 36.5 Å². The molecule has 0 rings (SSSR count). The molecule has 0 aliphatic carbocycles. The minimum absolute atomic E-state index is 0.0803. The van der Waals surface area contributed by atoms with Crippen LogP contribution in [0.2, 0.25) is 0 Å². The highest BCUT2D eigenvalue weighted by Crippen LogP contribution is 2.16. The highest BCUT2D eigenvalue weighted by atomic mass is 16.6. The van der Waals surface area contributed by atoms with Crippen LogP contribution < -0.4 is 0 Å². The topological polar surface area (TPSA) is 72.8 Å². The number of ether oxygens (including phenoxy) is 2. The zero-order valence-corrected chi connectivity index (χ0v) is 37.4. The minimum atomic E-state index is -0.784. The molecule has 0 fully saturated rings. The number of hydrogen-bond donors (Lipinski definition) is 1. The lowest BCUT2D eigenvalue weighted by Crippen LogP contribution is -2.28. The van der Waals surface area contributed by atoms with Gasteiger partial charge in [-0.25, -0.2) is 0 Å². The third kappa shape index (κ3) is 44.8. The third-order valence-corrected chi connectivity index (χ3v) is 10.9. The molecule has 0 aromatic rings. The average molecular weight is 787 g/mol. The van der Waals surface area contributed by atoms with E-state index in [1.165, 1.54) is 186 Å². The third-order valence-electron chi connectivity index (χ3n) is 10.9. The van der Waals surface area contributed by atoms with E-state index in [1.54, 1.807) is 0 Å². The fraction of sp³-hybridized carbons (Fsp3) is 0.843. The van der Waals surface area contributed by atoms with Crippen LogP contribution in [0.15, 0.2) is 36.5 Å². The fourth-order valence-corrected chi connectivity index (χ4v) is 7.18. The Bertz CT molecular complexity index is 893.